The standard InChI is InChI=1S/C12H12O5/c13-9-15-10-17-12(14)16-8-4-7-11-5-2-1-3-6-11/h1-7,9H,8,10H2/b7-4+. The molecule has 0 aliphatic heterocycles. The van der Waals surface area contributed by atoms with Crippen LogP contribution in [0, 0.1) is 0 Å². The van der Waals surface area contributed by atoms with E-state index in [-0.39, 0.29) is 13.1 Å². The SMILES string of the molecule is O=COCOC(=O)OC/C=C/c1ccccc1. The number of hydrogen-bond donors (Lipinski definition) is 0. The molecule has 0 aliphatic carbocycles. The molecule has 0 saturated carbocycles. The maximum atomic E-state index is 10.9. The van der Waals surface area contributed by atoms with E-state index in [0.717, 1.165) is 5.56 Å². The maximum absolute atomic E-state index is 10.9. The quantitative estimate of drug-likeness (QED) is 0.327. The van der Waals surface area contributed by atoms with Crippen molar-refractivity contribution in [3.05, 3.63) is 42.0 Å². The molecule has 90 valence electrons. The third-order valence-electron chi connectivity index (χ3n) is 1.72. The van der Waals surface area contributed by atoms with Gasteiger partial charge in [0.15, 0.2) is 0 Å². The van der Waals surface area contributed by atoms with E-state index in [1.54, 1.807) is 6.08 Å². The Morgan fingerprint density at radius 2 is 1.94 bits per heavy atom. The topological polar surface area (TPSA) is 61.8 Å². The minimum atomic E-state index is -0.885. The highest BCUT2D eigenvalue weighted by molar-refractivity contribution is 5.60. The van der Waals surface area contributed by atoms with Gasteiger partial charge >= 0.3 is 6.16 Å². The molecule has 0 aromatic heterocycles. The molecular weight excluding hydrogens is 224 g/mol. The van der Waals surface area contributed by atoms with Crippen LogP contribution in [0.15, 0.2) is 36.4 Å². The summed E-state index contributed by atoms with van der Waals surface area (Å²) in [6.45, 7) is -0.165. The van der Waals surface area contributed by atoms with Gasteiger partial charge in [-0.1, -0.05) is 36.4 Å². The molecule has 1 rings (SSSR count). The molecule has 0 unspecified atom stereocenters. The summed E-state index contributed by atoms with van der Waals surface area (Å²) in [7, 11) is 0. The molecule has 5 heteroatoms. The lowest BCUT2D eigenvalue weighted by Crippen LogP contribution is -2.09. The molecule has 17 heavy (non-hydrogen) atoms. The van der Waals surface area contributed by atoms with Gasteiger partial charge in [0.05, 0.1) is 0 Å². The van der Waals surface area contributed by atoms with Gasteiger partial charge in [-0.15, -0.1) is 0 Å². The molecule has 1 aromatic rings. The Labute approximate surface area is 98.6 Å². The van der Waals surface area contributed by atoms with Crippen molar-refractivity contribution in [3.8, 4) is 0 Å². The molecule has 0 fully saturated rings. The van der Waals surface area contributed by atoms with Crippen LogP contribution in [-0.4, -0.2) is 26.0 Å². The Kier molecular flexibility index (Phi) is 5.95. The number of hydrogen-bond acceptors (Lipinski definition) is 5. The summed E-state index contributed by atoms with van der Waals surface area (Å²) < 4.78 is 13.2. The lowest BCUT2D eigenvalue weighted by molar-refractivity contribution is -0.137. The molecule has 0 saturated heterocycles. The molecule has 0 radical (unpaired) electrons. The van der Waals surface area contributed by atoms with Crippen molar-refractivity contribution in [1.82, 2.24) is 0 Å². The summed E-state index contributed by atoms with van der Waals surface area (Å²) in [5.74, 6) is 0. The van der Waals surface area contributed by atoms with Crippen molar-refractivity contribution >= 4 is 18.7 Å². The number of carbonyl (C=O) groups is 2. The summed E-state index contributed by atoms with van der Waals surface area (Å²) in [5, 5.41) is 0. The van der Waals surface area contributed by atoms with E-state index in [2.05, 4.69) is 14.2 Å². The van der Waals surface area contributed by atoms with Crippen molar-refractivity contribution in [2.24, 2.45) is 0 Å². The van der Waals surface area contributed by atoms with Crippen LogP contribution in [0.25, 0.3) is 6.08 Å². The Bertz CT molecular complexity index is 372. The van der Waals surface area contributed by atoms with E-state index in [0.29, 0.717) is 0 Å². The van der Waals surface area contributed by atoms with E-state index in [9.17, 15) is 9.59 Å². The smallest absolute Gasteiger partial charge is 0.430 e. The summed E-state index contributed by atoms with van der Waals surface area (Å²) in [5.41, 5.74) is 1.01. The predicted molar refractivity (Wildman–Crippen MR) is 59.9 cm³/mol. The van der Waals surface area contributed by atoms with Gasteiger partial charge in [0, 0.05) is 0 Å². The fourth-order valence-corrected chi connectivity index (χ4v) is 1.02. The predicted octanol–water partition coefficient (Wildman–Crippen LogP) is 1.98. The molecule has 5 nitrogen and oxygen atoms in total. The molecule has 1 aromatic carbocycles. The Balaban J connectivity index is 2.17. The highest BCUT2D eigenvalue weighted by atomic mass is 16.8. The summed E-state index contributed by atoms with van der Waals surface area (Å²) in [4.78, 5) is 20.6. The third-order valence-corrected chi connectivity index (χ3v) is 1.72. The fraction of sp³-hybridized carbons (Fsp3) is 0.167. The Morgan fingerprint density at radius 1 is 1.18 bits per heavy atom. The highest BCUT2D eigenvalue weighted by Gasteiger charge is 2.00. The van der Waals surface area contributed by atoms with Gasteiger partial charge < -0.3 is 14.2 Å². The van der Waals surface area contributed by atoms with Crippen molar-refractivity contribution in [2.75, 3.05) is 13.4 Å². The van der Waals surface area contributed by atoms with E-state index in [1.807, 2.05) is 36.4 Å². The lowest BCUT2D eigenvalue weighted by Gasteiger charge is -2.02. The van der Waals surface area contributed by atoms with Crippen molar-refractivity contribution in [1.29, 1.82) is 0 Å². The van der Waals surface area contributed by atoms with Crippen LogP contribution < -0.4 is 0 Å². The third kappa shape index (κ3) is 5.99. The first kappa shape index (κ1) is 12.8. The number of ether oxygens (including phenoxy) is 3. The second-order valence-corrected chi connectivity index (χ2v) is 2.90. The molecule has 0 bridgehead atoms. The number of rotatable bonds is 6. The maximum Gasteiger partial charge on any atom is 0.511 e. The minimum absolute atomic E-state index is 0.0921. The average Bonchev–Trinajstić information content (AvgIpc) is 2.36. The van der Waals surface area contributed by atoms with E-state index < -0.39 is 12.9 Å². The molecule has 0 atom stereocenters. The van der Waals surface area contributed by atoms with Crippen LogP contribution in [0.2, 0.25) is 0 Å². The minimum Gasteiger partial charge on any atom is -0.430 e. The second-order valence-electron chi connectivity index (χ2n) is 2.90. The number of carbonyl (C=O) groups excluding carboxylic acids is 2. The fourth-order valence-electron chi connectivity index (χ4n) is 1.02. The van der Waals surface area contributed by atoms with Gasteiger partial charge in [-0.3, -0.25) is 4.79 Å². The average molecular weight is 236 g/mol. The highest BCUT2D eigenvalue weighted by Crippen LogP contribution is 2.00. The van der Waals surface area contributed by atoms with E-state index in [4.69, 9.17) is 0 Å². The Hall–Kier alpha value is -2.30. The molecule has 0 heterocycles. The first-order chi connectivity index (χ1) is 8.33. The normalized spacial score (nSPS) is 9.88. The summed E-state index contributed by atoms with van der Waals surface area (Å²) in [6.07, 6.45) is 2.61. The van der Waals surface area contributed by atoms with Gasteiger partial charge in [-0.25, -0.2) is 4.79 Å². The summed E-state index contributed by atoms with van der Waals surface area (Å²) >= 11 is 0. The van der Waals surface area contributed by atoms with Gasteiger partial charge in [0.2, 0.25) is 6.79 Å². The zero-order valence-electron chi connectivity index (χ0n) is 9.07. The summed E-state index contributed by atoms with van der Waals surface area (Å²) in [6, 6.07) is 9.58. The van der Waals surface area contributed by atoms with Gasteiger partial charge in [0.1, 0.15) is 6.61 Å². The van der Waals surface area contributed by atoms with Crippen molar-refractivity contribution in [2.45, 2.75) is 0 Å². The largest absolute Gasteiger partial charge is 0.511 e. The second kappa shape index (κ2) is 7.92. The van der Waals surface area contributed by atoms with Crippen LogP contribution in [0.5, 0.6) is 0 Å². The zero-order chi connectivity index (χ0) is 12.3. The zero-order valence-corrected chi connectivity index (χ0v) is 9.07. The van der Waals surface area contributed by atoms with Crippen molar-refractivity contribution < 1.29 is 23.8 Å². The first-order valence-electron chi connectivity index (χ1n) is 4.89. The van der Waals surface area contributed by atoms with Crippen LogP contribution in [0.4, 0.5) is 4.79 Å². The molecule has 0 N–H and O–H groups in total. The van der Waals surface area contributed by atoms with Gasteiger partial charge in [0.25, 0.3) is 6.47 Å². The van der Waals surface area contributed by atoms with Crippen LogP contribution in [-0.2, 0) is 19.0 Å². The first-order valence-corrected chi connectivity index (χ1v) is 4.89. The lowest BCUT2D eigenvalue weighted by atomic mass is 10.2. The van der Waals surface area contributed by atoms with Crippen LogP contribution >= 0.6 is 0 Å². The van der Waals surface area contributed by atoms with Gasteiger partial charge in [-0.05, 0) is 11.6 Å². The molecule has 0 amide bonds. The number of benzene rings is 1. The monoisotopic (exact) mass is 236 g/mol. The Morgan fingerprint density at radius 3 is 2.65 bits per heavy atom. The van der Waals surface area contributed by atoms with Gasteiger partial charge in [-0.2, -0.15) is 0 Å². The molecule has 0 aliphatic rings. The molecule has 0 spiro atoms. The van der Waals surface area contributed by atoms with Crippen molar-refractivity contribution in [3.63, 3.8) is 0 Å². The van der Waals surface area contributed by atoms with Crippen LogP contribution in [0.3, 0.4) is 0 Å². The van der Waals surface area contributed by atoms with E-state index in [1.165, 1.54) is 0 Å². The van der Waals surface area contributed by atoms with Crippen LogP contribution in [0.1, 0.15) is 5.56 Å². The molecular formula is C12H12O5. The van der Waals surface area contributed by atoms with E-state index >= 15 is 0 Å².